The molecule has 6 heteroatoms. The monoisotopic (exact) mass is 391 g/mol. The van der Waals surface area contributed by atoms with Gasteiger partial charge in [-0.3, -0.25) is 0 Å². The largest absolute Gasteiger partial charge is 0.463 e. The lowest BCUT2D eigenvalue weighted by Crippen LogP contribution is -2.07. The van der Waals surface area contributed by atoms with Crippen molar-refractivity contribution in [1.82, 2.24) is 0 Å². The lowest BCUT2D eigenvalue weighted by atomic mass is 10.2. The average molecular weight is 392 g/mol. The Morgan fingerprint density at radius 1 is 1.47 bits per heavy atom. The number of hydrogen-bond acceptors (Lipinski definition) is 4. The molecule has 1 aromatic heterocycles. The summed E-state index contributed by atoms with van der Waals surface area (Å²) < 4.78 is 10.8. The van der Waals surface area contributed by atoms with Crippen LogP contribution in [-0.2, 0) is 11.3 Å². The lowest BCUT2D eigenvalue weighted by Gasteiger charge is -2.08. The Labute approximate surface area is 129 Å². The first-order chi connectivity index (χ1) is 9.11. The van der Waals surface area contributed by atoms with Gasteiger partial charge in [-0.15, -0.1) is 0 Å². The molecule has 0 amide bonds. The molecule has 0 bridgehead atoms. The van der Waals surface area contributed by atoms with Gasteiger partial charge in [0.05, 0.1) is 13.4 Å². The SMILES string of the molecule is COC(=O)c1occc1CNc1ccc(Cl)cc1I. The topological polar surface area (TPSA) is 51.5 Å². The number of carbonyl (C=O) groups excluding carboxylic acids is 1. The minimum absolute atomic E-state index is 0.221. The summed E-state index contributed by atoms with van der Waals surface area (Å²) in [5, 5.41) is 3.92. The number of halogens is 2. The van der Waals surface area contributed by atoms with Crippen molar-refractivity contribution in [2.45, 2.75) is 6.54 Å². The van der Waals surface area contributed by atoms with Gasteiger partial charge in [-0.25, -0.2) is 4.79 Å². The molecule has 0 radical (unpaired) electrons. The van der Waals surface area contributed by atoms with Crippen LogP contribution in [0.1, 0.15) is 16.1 Å². The van der Waals surface area contributed by atoms with E-state index in [1.54, 1.807) is 6.07 Å². The van der Waals surface area contributed by atoms with Crippen LogP contribution < -0.4 is 5.32 Å². The van der Waals surface area contributed by atoms with Gasteiger partial charge >= 0.3 is 5.97 Å². The number of methoxy groups -OCH3 is 1. The van der Waals surface area contributed by atoms with Crippen LogP contribution in [0.4, 0.5) is 5.69 Å². The maximum atomic E-state index is 11.5. The molecule has 0 atom stereocenters. The summed E-state index contributed by atoms with van der Waals surface area (Å²) in [7, 11) is 1.32. The average Bonchev–Trinajstić information content (AvgIpc) is 2.85. The molecule has 19 heavy (non-hydrogen) atoms. The van der Waals surface area contributed by atoms with Crippen LogP contribution in [0.25, 0.3) is 0 Å². The van der Waals surface area contributed by atoms with E-state index in [1.165, 1.54) is 13.4 Å². The van der Waals surface area contributed by atoms with Gasteiger partial charge in [-0.05, 0) is 46.9 Å². The van der Waals surface area contributed by atoms with E-state index in [1.807, 2.05) is 18.2 Å². The summed E-state index contributed by atoms with van der Waals surface area (Å²) in [4.78, 5) is 11.5. The first-order valence-corrected chi connectivity index (χ1v) is 6.91. The molecule has 1 N–H and O–H groups in total. The van der Waals surface area contributed by atoms with Crippen molar-refractivity contribution in [3.63, 3.8) is 0 Å². The molecule has 0 aliphatic rings. The van der Waals surface area contributed by atoms with Gasteiger partial charge in [0.25, 0.3) is 0 Å². The third kappa shape index (κ3) is 3.42. The smallest absolute Gasteiger partial charge is 0.374 e. The van der Waals surface area contributed by atoms with Gasteiger partial charge in [0.15, 0.2) is 0 Å². The Morgan fingerprint density at radius 3 is 2.95 bits per heavy atom. The highest BCUT2D eigenvalue weighted by molar-refractivity contribution is 14.1. The fourth-order valence-electron chi connectivity index (χ4n) is 1.57. The van der Waals surface area contributed by atoms with E-state index in [0.717, 1.165) is 14.8 Å². The fraction of sp³-hybridized carbons (Fsp3) is 0.154. The molecule has 0 aliphatic carbocycles. The summed E-state index contributed by atoms with van der Waals surface area (Å²) in [5.41, 5.74) is 1.69. The van der Waals surface area contributed by atoms with Crippen LogP contribution in [0, 0.1) is 3.57 Å². The number of anilines is 1. The van der Waals surface area contributed by atoms with E-state index in [2.05, 4.69) is 32.6 Å². The van der Waals surface area contributed by atoms with E-state index in [-0.39, 0.29) is 5.76 Å². The van der Waals surface area contributed by atoms with Crippen LogP contribution in [0.15, 0.2) is 34.9 Å². The van der Waals surface area contributed by atoms with Crippen LogP contribution in [0.5, 0.6) is 0 Å². The fourth-order valence-corrected chi connectivity index (χ4v) is 2.63. The van der Waals surface area contributed by atoms with Crippen LogP contribution >= 0.6 is 34.2 Å². The number of furan rings is 1. The third-order valence-electron chi connectivity index (χ3n) is 2.52. The number of ether oxygens (including phenoxy) is 1. The van der Waals surface area contributed by atoms with E-state index >= 15 is 0 Å². The summed E-state index contributed by atoms with van der Waals surface area (Å²) in [6.45, 7) is 0.471. The summed E-state index contributed by atoms with van der Waals surface area (Å²) in [5.74, 6) is -0.258. The quantitative estimate of drug-likeness (QED) is 0.634. The van der Waals surface area contributed by atoms with Gasteiger partial charge in [-0.1, -0.05) is 11.6 Å². The molecule has 4 nitrogen and oxygen atoms in total. The van der Waals surface area contributed by atoms with E-state index < -0.39 is 5.97 Å². The zero-order valence-electron chi connectivity index (χ0n) is 10.1. The number of benzene rings is 1. The standard InChI is InChI=1S/C13H11ClINO3/c1-18-13(17)12-8(4-5-19-12)7-16-11-3-2-9(14)6-10(11)15/h2-6,16H,7H2,1H3. The third-order valence-corrected chi connectivity index (χ3v) is 3.65. The highest BCUT2D eigenvalue weighted by Gasteiger charge is 2.15. The zero-order chi connectivity index (χ0) is 13.8. The normalized spacial score (nSPS) is 10.3. The summed E-state index contributed by atoms with van der Waals surface area (Å²) in [6.07, 6.45) is 1.47. The number of hydrogen-bond donors (Lipinski definition) is 1. The van der Waals surface area contributed by atoms with Gasteiger partial charge in [0.1, 0.15) is 0 Å². The Hall–Kier alpha value is -1.21. The molecule has 0 fully saturated rings. The Bertz CT molecular complexity index is 597. The molecule has 0 saturated carbocycles. The van der Waals surface area contributed by atoms with Crippen LogP contribution in [0.2, 0.25) is 5.02 Å². The number of rotatable bonds is 4. The predicted octanol–water partition coefficient (Wildman–Crippen LogP) is 3.94. The molecule has 100 valence electrons. The molecule has 1 aromatic carbocycles. The van der Waals surface area contributed by atoms with E-state index in [4.69, 9.17) is 16.0 Å². The second-order valence-corrected chi connectivity index (χ2v) is 5.34. The Balaban J connectivity index is 2.10. The first-order valence-electron chi connectivity index (χ1n) is 5.45. The maximum Gasteiger partial charge on any atom is 0.374 e. The zero-order valence-corrected chi connectivity index (χ0v) is 13.0. The Morgan fingerprint density at radius 2 is 2.26 bits per heavy atom. The molecule has 0 aliphatic heterocycles. The molecule has 2 rings (SSSR count). The number of carbonyl (C=O) groups is 1. The molecule has 0 unspecified atom stereocenters. The summed E-state index contributed by atoms with van der Waals surface area (Å²) >= 11 is 8.09. The maximum absolute atomic E-state index is 11.5. The second-order valence-electron chi connectivity index (χ2n) is 3.74. The van der Waals surface area contributed by atoms with Crippen molar-refractivity contribution in [3.8, 4) is 0 Å². The molecular formula is C13H11ClINO3. The van der Waals surface area contributed by atoms with Crippen molar-refractivity contribution in [3.05, 3.63) is 50.4 Å². The molecule has 0 saturated heterocycles. The van der Waals surface area contributed by atoms with Crippen molar-refractivity contribution >= 4 is 45.8 Å². The van der Waals surface area contributed by atoms with E-state index in [0.29, 0.717) is 11.6 Å². The minimum Gasteiger partial charge on any atom is -0.463 e. The van der Waals surface area contributed by atoms with Gasteiger partial charge in [-0.2, -0.15) is 0 Å². The molecule has 1 heterocycles. The Kier molecular flexibility index (Phi) is 4.71. The van der Waals surface area contributed by atoms with E-state index in [9.17, 15) is 4.79 Å². The highest BCUT2D eigenvalue weighted by Crippen LogP contribution is 2.23. The van der Waals surface area contributed by atoms with Crippen LogP contribution in [-0.4, -0.2) is 13.1 Å². The molecular weight excluding hydrogens is 381 g/mol. The second kappa shape index (κ2) is 6.29. The highest BCUT2D eigenvalue weighted by atomic mass is 127. The molecule has 0 spiro atoms. The number of esters is 1. The van der Waals surface area contributed by atoms with Crippen LogP contribution in [0.3, 0.4) is 0 Å². The van der Waals surface area contributed by atoms with Crippen molar-refractivity contribution in [1.29, 1.82) is 0 Å². The van der Waals surface area contributed by atoms with Crippen molar-refractivity contribution in [2.24, 2.45) is 0 Å². The van der Waals surface area contributed by atoms with Gasteiger partial charge < -0.3 is 14.5 Å². The van der Waals surface area contributed by atoms with Crippen molar-refractivity contribution in [2.75, 3.05) is 12.4 Å². The van der Waals surface area contributed by atoms with Gasteiger partial charge in [0, 0.05) is 26.4 Å². The first kappa shape index (κ1) is 14.2. The van der Waals surface area contributed by atoms with Gasteiger partial charge in [0.2, 0.25) is 5.76 Å². The molecule has 2 aromatic rings. The minimum atomic E-state index is -0.479. The summed E-state index contributed by atoms with van der Waals surface area (Å²) in [6, 6.07) is 7.30. The predicted molar refractivity (Wildman–Crippen MR) is 81.5 cm³/mol. The lowest BCUT2D eigenvalue weighted by molar-refractivity contribution is 0.0563. The number of nitrogens with one attached hydrogen (secondary N) is 1. The van der Waals surface area contributed by atoms with Crippen molar-refractivity contribution < 1.29 is 13.9 Å².